The molecule has 0 aliphatic carbocycles. The molecule has 268 valence electrons. The quantitative estimate of drug-likeness (QED) is 0.144. The highest BCUT2D eigenvalue weighted by atomic mass is 15.1. The zero-order chi connectivity index (χ0) is 37.7. The highest BCUT2D eigenvalue weighted by Crippen LogP contribution is 2.48. The summed E-state index contributed by atoms with van der Waals surface area (Å²) in [6.07, 6.45) is 0. The van der Waals surface area contributed by atoms with Crippen molar-refractivity contribution in [1.82, 2.24) is 4.57 Å². The summed E-state index contributed by atoms with van der Waals surface area (Å²) in [4.78, 5) is 4.70. The number of aromatic nitrogens is 1. The van der Waals surface area contributed by atoms with E-state index in [4.69, 9.17) is 0 Å². The number of para-hydroxylation sites is 5. The molecular weight excluding hydrogens is 691 g/mol. The van der Waals surface area contributed by atoms with Crippen molar-refractivity contribution in [2.75, 3.05) is 9.80 Å². The lowest BCUT2D eigenvalue weighted by Gasteiger charge is -2.27. The molecule has 1 heterocycles. The summed E-state index contributed by atoms with van der Waals surface area (Å²) in [6, 6.07) is 81.0. The van der Waals surface area contributed by atoms with Crippen LogP contribution in [0.3, 0.4) is 0 Å². The van der Waals surface area contributed by atoms with Gasteiger partial charge in [-0.1, -0.05) is 127 Å². The van der Waals surface area contributed by atoms with Gasteiger partial charge in [-0.15, -0.1) is 0 Å². The summed E-state index contributed by atoms with van der Waals surface area (Å²) >= 11 is 0. The van der Waals surface area contributed by atoms with Gasteiger partial charge in [0.05, 0.1) is 16.7 Å². The number of fused-ring (bicyclic) bond motifs is 1. The highest BCUT2D eigenvalue weighted by molar-refractivity contribution is 6.29. The Balaban J connectivity index is 1.10. The summed E-state index contributed by atoms with van der Waals surface area (Å²) in [5.41, 5.74) is 12.8. The van der Waals surface area contributed by atoms with E-state index in [1.54, 1.807) is 0 Å². The number of benzene rings is 10. The molecule has 0 bridgehead atoms. The minimum absolute atomic E-state index is 1.13. The second kappa shape index (κ2) is 13.6. The van der Waals surface area contributed by atoms with Crippen LogP contribution in [0.25, 0.3) is 60.2 Å². The smallest absolute Gasteiger partial charge is 0.0548 e. The van der Waals surface area contributed by atoms with Crippen LogP contribution in [0, 0.1) is 0 Å². The van der Waals surface area contributed by atoms with Gasteiger partial charge < -0.3 is 14.4 Å². The van der Waals surface area contributed by atoms with Crippen molar-refractivity contribution in [3.05, 3.63) is 224 Å². The molecule has 10 aromatic carbocycles. The molecule has 0 radical (unpaired) electrons. The van der Waals surface area contributed by atoms with Gasteiger partial charge in [-0.2, -0.15) is 0 Å². The Morgan fingerprint density at radius 2 is 0.789 bits per heavy atom. The Morgan fingerprint density at radius 3 is 1.39 bits per heavy atom. The summed E-state index contributed by atoms with van der Waals surface area (Å²) in [5, 5.41) is 7.43. The normalized spacial score (nSPS) is 11.5. The van der Waals surface area contributed by atoms with Crippen molar-refractivity contribution in [3.8, 4) is 16.8 Å². The standard InChI is InChI=1S/C54H37N3/c1-6-16-41(17-7-1)55(42-18-8-2-9-19-42)46-29-28-38-36-40(27-26-39(38)37-46)47-32-33-51-53-48(47)30-31-49-50(34-35-52(54(49)53)57(51)45-24-14-5-15-25-45)56(43-20-10-3-11-21-43)44-22-12-4-13-23-44/h1-37H. The Morgan fingerprint density at radius 1 is 0.316 bits per heavy atom. The third-order valence-corrected chi connectivity index (χ3v) is 11.3. The first kappa shape index (κ1) is 32.8. The van der Waals surface area contributed by atoms with E-state index < -0.39 is 0 Å². The van der Waals surface area contributed by atoms with Gasteiger partial charge in [0.1, 0.15) is 0 Å². The van der Waals surface area contributed by atoms with E-state index >= 15 is 0 Å². The fraction of sp³-hybridized carbons (Fsp3) is 0. The van der Waals surface area contributed by atoms with Crippen LogP contribution in [-0.4, -0.2) is 4.57 Å². The lowest BCUT2D eigenvalue weighted by molar-refractivity contribution is 1.18. The first-order valence-corrected chi connectivity index (χ1v) is 19.5. The van der Waals surface area contributed by atoms with Crippen molar-refractivity contribution >= 4 is 77.5 Å². The van der Waals surface area contributed by atoms with Gasteiger partial charge in [0.15, 0.2) is 0 Å². The average molecular weight is 728 g/mol. The van der Waals surface area contributed by atoms with Gasteiger partial charge in [-0.25, -0.2) is 0 Å². The highest BCUT2D eigenvalue weighted by Gasteiger charge is 2.23. The molecule has 11 rings (SSSR count). The largest absolute Gasteiger partial charge is 0.310 e. The molecule has 0 saturated carbocycles. The van der Waals surface area contributed by atoms with Crippen LogP contribution >= 0.6 is 0 Å². The monoisotopic (exact) mass is 727 g/mol. The molecule has 0 spiro atoms. The maximum Gasteiger partial charge on any atom is 0.0548 e. The first-order chi connectivity index (χ1) is 28.3. The van der Waals surface area contributed by atoms with Crippen molar-refractivity contribution in [2.24, 2.45) is 0 Å². The molecule has 0 aliphatic heterocycles. The van der Waals surface area contributed by atoms with Crippen LogP contribution in [0.1, 0.15) is 0 Å². The molecule has 3 heteroatoms. The number of hydrogen-bond donors (Lipinski definition) is 0. The molecular formula is C54H37N3. The predicted octanol–water partition coefficient (Wildman–Crippen LogP) is 15.1. The molecule has 3 nitrogen and oxygen atoms in total. The van der Waals surface area contributed by atoms with E-state index in [0.29, 0.717) is 0 Å². The molecule has 0 N–H and O–H groups in total. The number of anilines is 6. The van der Waals surface area contributed by atoms with Crippen molar-refractivity contribution in [1.29, 1.82) is 0 Å². The fourth-order valence-corrected chi connectivity index (χ4v) is 8.77. The van der Waals surface area contributed by atoms with E-state index in [1.807, 2.05) is 0 Å². The summed E-state index contributed by atoms with van der Waals surface area (Å²) in [5.74, 6) is 0. The molecule has 0 aliphatic rings. The number of rotatable bonds is 8. The summed E-state index contributed by atoms with van der Waals surface area (Å²) < 4.78 is 2.43. The Kier molecular flexibility index (Phi) is 7.82. The minimum Gasteiger partial charge on any atom is -0.310 e. The maximum atomic E-state index is 2.43. The zero-order valence-electron chi connectivity index (χ0n) is 31.2. The summed E-state index contributed by atoms with van der Waals surface area (Å²) in [6.45, 7) is 0. The lowest BCUT2D eigenvalue weighted by atomic mass is 9.93. The molecule has 0 fully saturated rings. The lowest BCUT2D eigenvalue weighted by Crippen LogP contribution is -2.10. The van der Waals surface area contributed by atoms with E-state index in [1.165, 1.54) is 54.5 Å². The Bertz CT molecular complexity index is 3080. The Labute approximate surface area is 331 Å². The van der Waals surface area contributed by atoms with E-state index in [0.717, 1.165) is 39.8 Å². The molecule has 0 amide bonds. The molecule has 1 aromatic heterocycles. The van der Waals surface area contributed by atoms with Gasteiger partial charge >= 0.3 is 0 Å². The van der Waals surface area contributed by atoms with Gasteiger partial charge in [-0.05, 0) is 124 Å². The first-order valence-electron chi connectivity index (χ1n) is 19.5. The zero-order valence-corrected chi connectivity index (χ0v) is 31.2. The predicted molar refractivity (Wildman–Crippen MR) is 242 cm³/mol. The second-order valence-electron chi connectivity index (χ2n) is 14.6. The van der Waals surface area contributed by atoms with E-state index in [2.05, 4.69) is 239 Å². The van der Waals surface area contributed by atoms with Crippen molar-refractivity contribution < 1.29 is 0 Å². The molecule has 0 atom stereocenters. The van der Waals surface area contributed by atoms with Gasteiger partial charge in [0.2, 0.25) is 0 Å². The average Bonchev–Trinajstić information content (AvgIpc) is 3.63. The van der Waals surface area contributed by atoms with Crippen LogP contribution in [0.15, 0.2) is 224 Å². The van der Waals surface area contributed by atoms with Crippen LogP contribution in [0.2, 0.25) is 0 Å². The number of nitrogens with zero attached hydrogens (tertiary/aromatic N) is 3. The minimum atomic E-state index is 1.13. The topological polar surface area (TPSA) is 11.4 Å². The van der Waals surface area contributed by atoms with Crippen molar-refractivity contribution in [3.63, 3.8) is 0 Å². The van der Waals surface area contributed by atoms with Gasteiger partial charge in [0, 0.05) is 50.3 Å². The molecule has 11 aromatic rings. The van der Waals surface area contributed by atoms with Gasteiger partial charge in [0.25, 0.3) is 0 Å². The molecule has 57 heavy (non-hydrogen) atoms. The van der Waals surface area contributed by atoms with Crippen molar-refractivity contribution in [2.45, 2.75) is 0 Å². The second-order valence-corrected chi connectivity index (χ2v) is 14.6. The number of hydrogen-bond acceptors (Lipinski definition) is 2. The van der Waals surface area contributed by atoms with E-state index in [9.17, 15) is 0 Å². The van der Waals surface area contributed by atoms with Crippen LogP contribution in [0.5, 0.6) is 0 Å². The van der Waals surface area contributed by atoms with Crippen LogP contribution < -0.4 is 9.80 Å². The van der Waals surface area contributed by atoms with Crippen LogP contribution in [0.4, 0.5) is 34.1 Å². The fourth-order valence-electron chi connectivity index (χ4n) is 8.77. The van der Waals surface area contributed by atoms with E-state index in [-0.39, 0.29) is 0 Å². The molecule has 0 saturated heterocycles. The third kappa shape index (κ3) is 5.51. The summed E-state index contributed by atoms with van der Waals surface area (Å²) in [7, 11) is 0. The SMILES string of the molecule is c1ccc(N(c2ccccc2)c2ccc3cc(-c4ccc5c6c4ccc4c(N(c7ccccc7)c7ccccc7)ccc(c46)n5-c4ccccc4)ccc3c2)cc1. The Hall–Kier alpha value is -7.62. The van der Waals surface area contributed by atoms with Crippen LogP contribution in [-0.2, 0) is 0 Å². The molecule has 0 unspecified atom stereocenters. The third-order valence-electron chi connectivity index (χ3n) is 11.3. The maximum absolute atomic E-state index is 2.43. The van der Waals surface area contributed by atoms with Gasteiger partial charge in [-0.3, -0.25) is 0 Å².